The van der Waals surface area contributed by atoms with E-state index in [-0.39, 0.29) is 11.7 Å². The SMILES string of the molecule is COc1cccc(C(=O)N2CC(CN3CCC(c4ccc(F)cc4)CC3)C(c3ccsc3)C2)c1N. The van der Waals surface area contributed by atoms with Crippen LogP contribution >= 0.6 is 11.3 Å². The summed E-state index contributed by atoms with van der Waals surface area (Å²) in [5, 5.41) is 4.33. The van der Waals surface area contributed by atoms with Crippen molar-refractivity contribution in [3.8, 4) is 5.75 Å². The molecule has 5 nitrogen and oxygen atoms in total. The fourth-order valence-electron chi connectivity index (χ4n) is 5.68. The number of anilines is 1. The monoisotopic (exact) mass is 493 g/mol. The number of hydrogen-bond acceptors (Lipinski definition) is 5. The van der Waals surface area contributed by atoms with Crippen molar-refractivity contribution in [3.63, 3.8) is 0 Å². The number of methoxy groups -OCH3 is 1. The van der Waals surface area contributed by atoms with Crippen LogP contribution in [0.4, 0.5) is 10.1 Å². The Morgan fingerprint density at radius 3 is 2.54 bits per heavy atom. The van der Waals surface area contributed by atoms with Gasteiger partial charge in [0.05, 0.1) is 18.4 Å². The maximum absolute atomic E-state index is 13.5. The number of nitrogens with two attached hydrogens (primary N) is 1. The number of carbonyl (C=O) groups excluding carboxylic acids is 1. The zero-order chi connectivity index (χ0) is 24.4. The second kappa shape index (κ2) is 10.4. The number of hydrogen-bond donors (Lipinski definition) is 1. The lowest BCUT2D eigenvalue weighted by atomic mass is 9.87. The molecule has 0 aliphatic carbocycles. The average Bonchev–Trinajstić information content (AvgIpc) is 3.55. The first-order valence-corrected chi connectivity index (χ1v) is 13.2. The van der Waals surface area contributed by atoms with Crippen LogP contribution in [0.2, 0.25) is 0 Å². The average molecular weight is 494 g/mol. The number of piperidine rings is 1. The maximum Gasteiger partial charge on any atom is 0.256 e. The number of carbonyl (C=O) groups is 1. The summed E-state index contributed by atoms with van der Waals surface area (Å²) in [5.74, 6) is 1.48. The van der Waals surface area contributed by atoms with E-state index in [0.29, 0.717) is 47.8 Å². The molecule has 1 aromatic heterocycles. The number of ether oxygens (including phenoxy) is 1. The number of benzene rings is 2. The number of thiophene rings is 1. The zero-order valence-electron chi connectivity index (χ0n) is 20.0. The third kappa shape index (κ3) is 5.07. The largest absolute Gasteiger partial charge is 0.495 e. The second-order valence-corrected chi connectivity index (χ2v) is 10.5. The van der Waals surface area contributed by atoms with E-state index < -0.39 is 0 Å². The van der Waals surface area contributed by atoms with E-state index in [9.17, 15) is 9.18 Å². The summed E-state index contributed by atoms with van der Waals surface area (Å²) in [6.45, 7) is 4.42. The van der Waals surface area contributed by atoms with Crippen molar-refractivity contribution in [1.82, 2.24) is 9.80 Å². The van der Waals surface area contributed by atoms with Gasteiger partial charge in [-0.2, -0.15) is 11.3 Å². The van der Waals surface area contributed by atoms with Gasteiger partial charge in [-0.3, -0.25) is 4.79 Å². The number of para-hydroxylation sites is 1. The topological polar surface area (TPSA) is 58.8 Å². The van der Waals surface area contributed by atoms with Crippen molar-refractivity contribution in [1.29, 1.82) is 0 Å². The molecule has 3 aromatic rings. The Labute approximate surface area is 210 Å². The summed E-state index contributed by atoms with van der Waals surface area (Å²) < 4.78 is 18.6. The minimum absolute atomic E-state index is 0.0286. The minimum Gasteiger partial charge on any atom is -0.495 e. The molecule has 7 heteroatoms. The van der Waals surface area contributed by atoms with Crippen LogP contribution in [-0.2, 0) is 0 Å². The number of amides is 1. The Hall–Kier alpha value is -2.90. The Balaban J connectivity index is 1.27. The van der Waals surface area contributed by atoms with Crippen LogP contribution in [-0.4, -0.2) is 55.5 Å². The minimum atomic E-state index is -0.179. The summed E-state index contributed by atoms with van der Waals surface area (Å²) in [5.41, 5.74) is 9.70. The molecule has 0 saturated carbocycles. The van der Waals surface area contributed by atoms with Crippen LogP contribution in [0.1, 0.15) is 46.2 Å². The van der Waals surface area contributed by atoms with E-state index in [0.717, 1.165) is 32.5 Å². The van der Waals surface area contributed by atoms with Crippen molar-refractivity contribution in [2.24, 2.45) is 5.92 Å². The first-order chi connectivity index (χ1) is 17.0. The molecule has 3 heterocycles. The first kappa shape index (κ1) is 23.8. The van der Waals surface area contributed by atoms with Gasteiger partial charge in [-0.25, -0.2) is 4.39 Å². The number of rotatable bonds is 6. The van der Waals surface area contributed by atoms with E-state index in [1.807, 2.05) is 23.1 Å². The van der Waals surface area contributed by atoms with Gasteiger partial charge < -0.3 is 20.3 Å². The fourth-order valence-corrected chi connectivity index (χ4v) is 6.40. The van der Waals surface area contributed by atoms with Crippen LogP contribution in [0.5, 0.6) is 5.75 Å². The van der Waals surface area contributed by atoms with Crippen molar-refractivity contribution in [3.05, 3.63) is 81.8 Å². The molecule has 184 valence electrons. The first-order valence-electron chi connectivity index (χ1n) is 12.2. The van der Waals surface area contributed by atoms with Gasteiger partial charge in [0.25, 0.3) is 5.91 Å². The van der Waals surface area contributed by atoms with Gasteiger partial charge in [0.2, 0.25) is 0 Å². The van der Waals surface area contributed by atoms with Crippen LogP contribution in [0.3, 0.4) is 0 Å². The molecular formula is C28H32FN3O2S. The third-order valence-corrected chi connectivity index (χ3v) is 8.34. The predicted octanol–water partition coefficient (Wildman–Crippen LogP) is 5.21. The zero-order valence-corrected chi connectivity index (χ0v) is 20.8. The van der Waals surface area contributed by atoms with Gasteiger partial charge in [0, 0.05) is 25.6 Å². The van der Waals surface area contributed by atoms with Crippen molar-refractivity contribution in [2.45, 2.75) is 24.7 Å². The predicted molar refractivity (Wildman–Crippen MR) is 139 cm³/mol. The summed E-state index contributed by atoms with van der Waals surface area (Å²) in [7, 11) is 1.57. The van der Waals surface area contributed by atoms with Crippen molar-refractivity contribution in [2.75, 3.05) is 45.6 Å². The number of halogens is 1. The van der Waals surface area contributed by atoms with Crippen LogP contribution in [0, 0.1) is 11.7 Å². The molecule has 35 heavy (non-hydrogen) atoms. The molecule has 0 radical (unpaired) electrons. The Kier molecular flexibility index (Phi) is 7.07. The summed E-state index contributed by atoms with van der Waals surface area (Å²) in [4.78, 5) is 18.0. The van der Waals surface area contributed by atoms with Gasteiger partial charge in [0.1, 0.15) is 11.6 Å². The molecule has 2 aliphatic rings. The van der Waals surface area contributed by atoms with E-state index in [4.69, 9.17) is 10.5 Å². The fraction of sp³-hybridized carbons (Fsp3) is 0.393. The lowest BCUT2D eigenvalue weighted by Gasteiger charge is -2.34. The van der Waals surface area contributed by atoms with Gasteiger partial charge in [0.15, 0.2) is 0 Å². The molecule has 5 rings (SSSR count). The van der Waals surface area contributed by atoms with Crippen molar-refractivity contribution < 1.29 is 13.9 Å². The van der Waals surface area contributed by atoms with E-state index in [2.05, 4.69) is 21.7 Å². The second-order valence-electron chi connectivity index (χ2n) is 9.68. The summed E-state index contributed by atoms with van der Waals surface area (Å²) in [6.07, 6.45) is 2.15. The Morgan fingerprint density at radius 1 is 1.09 bits per heavy atom. The van der Waals surface area contributed by atoms with E-state index >= 15 is 0 Å². The maximum atomic E-state index is 13.5. The molecule has 2 saturated heterocycles. The molecular weight excluding hydrogens is 461 g/mol. The molecule has 2 fully saturated rings. The summed E-state index contributed by atoms with van der Waals surface area (Å²) >= 11 is 1.71. The number of nitrogens with zero attached hydrogens (tertiary/aromatic N) is 2. The normalized spacial score (nSPS) is 21.4. The molecule has 2 atom stereocenters. The molecule has 2 aliphatic heterocycles. The lowest BCUT2D eigenvalue weighted by Crippen LogP contribution is -2.38. The molecule has 2 unspecified atom stereocenters. The smallest absolute Gasteiger partial charge is 0.256 e. The molecule has 1 amide bonds. The molecule has 0 spiro atoms. The Bertz CT molecular complexity index is 1140. The molecule has 2 aromatic carbocycles. The van der Waals surface area contributed by atoms with Gasteiger partial charge in [-0.15, -0.1) is 0 Å². The van der Waals surface area contributed by atoms with Gasteiger partial charge >= 0.3 is 0 Å². The van der Waals surface area contributed by atoms with E-state index in [1.54, 1.807) is 42.7 Å². The quantitative estimate of drug-likeness (QED) is 0.479. The highest BCUT2D eigenvalue weighted by molar-refractivity contribution is 7.08. The highest BCUT2D eigenvalue weighted by Crippen LogP contribution is 2.37. The third-order valence-electron chi connectivity index (χ3n) is 7.64. The Morgan fingerprint density at radius 2 is 1.86 bits per heavy atom. The highest BCUT2D eigenvalue weighted by Gasteiger charge is 2.38. The van der Waals surface area contributed by atoms with Crippen molar-refractivity contribution >= 4 is 22.9 Å². The standard InChI is InChI=1S/C28H32FN3O2S/c1-34-26-4-2-3-24(27(26)30)28(33)32-16-22(25(17-32)21-11-14-35-18-21)15-31-12-9-20(10-13-31)19-5-7-23(29)8-6-19/h2-8,11,14,18,20,22,25H,9-10,12-13,15-17,30H2,1H3. The highest BCUT2D eigenvalue weighted by atomic mass is 32.1. The number of likely N-dealkylation sites (tertiary alicyclic amines) is 2. The molecule has 0 bridgehead atoms. The van der Waals surface area contributed by atoms with Crippen LogP contribution in [0.25, 0.3) is 0 Å². The molecule has 2 N–H and O–H groups in total. The number of nitrogen functional groups attached to an aromatic ring is 1. The van der Waals surface area contributed by atoms with E-state index in [1.165, 1.54) is 11.1 Å². The summed E-state index contributed by atoms with van der Waals surface area (Å²) in [6, 6.07) is 14.5. The lowest BCUT2D eigenvalue weighted by molar-refractivity contribution is 0.0782. The van der Waals surface area contributed by atoms with Crippen LogP contribution in [0.15, 0.2) is 59.3 Å². The van der Waals surface area contributed by atoms with Gasteiger partial charge in [-0.1, -0.05) is 18.2 Å². The van der Waals surface area contributed by atoms with Crippen LogP contribution < -0.4 is 10.5 Å². The van der Waals surface area contributed by atoms with Gasteiger partial charge in [-0.05, 0) is 90.0 Å².